The minimum atomic E-state index is -0.0580. The number of unbranched alkanes of at least 4 members (excludes halogenated alkanes) is 2. The van der Waals surface area contributed by atoms with Gasteiger partial charge in [0.1, 0.15) is 0 Å². The molecule has 0 aliphatic carbocycles. The molecule has 0 unspecified atom stereocenters. The number of carbonyl (C=O) groups is 1. The fourth-order valence-corrected chi connectivity index (χ4v) is 1.69. The smallest absolute Gasteiger partial charge is 0.305 e. The average Bonchev–Trinajstić information content (AvgIpc) is 2.27. The van der Waals surface area contributed by atoms with Gasteiger partial charge in [0, 0.05) is 6.42 Å². The highest BCUT2D eigenvalue weighted by Gasteiger charge is 2.00. The first kappa shape index (κ1) is 16.4. The van der Waals surface area contributed by atoms with E-state index in [0.29, 0.717) is 13.0 Å². The van der Waals surface area contributed by atoms with E-state index in [1.807, 2.05) is 6.92 Å². The first-order valence-electron chi connectivity index (χ1n) is 7.03. The van der Waals surface area contributed by atoms with Gasteiger partial charge < -0.3 is 10.1 Å². The van der Waals surface area contributed by atoms with E-state index in [1.54, 1.807) is 0 Å². The minimum absolute atomic E-state index is 0.0580. The van der Waals surface area contributed by atoms with Gasteiger partial charge in [-0.2, -0.15) is 0 Å². The zero-order valence-corrected chi connectivity index (χ0v) is 11.8. The Kier molecular flexibility index (Phi) is 11.5. The van der Waals surface area contributed by atoms with Crippen LogP contribution >= 0.6 is 0 Å². The second-order valence-electron chi connectivity index (χ2n) is 4.90. The standard InChI is InChI=1S/C14H29NO2/c1-4-17-14(16)10-6-5-7-11-15-12-8-9-13(2)3/h13,15H,4-12H2,1-3H3. The van der Waals surface area contributed by atoms with Crippen LogP contribution in [0, 0.1) is 5.92 Å². The fraction of sp³-hybridized carbons (Fsp3) is 0.929. The van der Waals surface area contributed by atoms with Crippen LogP contribution in [0.15, 0.2) is 0 Å². The molecular weight excluding hydrogens is 214 g/mol. The molecule has 102 valence electrons. The van der Waals surface area contributed by atoms with E-state index >= 15 is 0 Å². The third kappa shape index (κ3) is 13.4. The van der Waals surface area contributed by atoms with E-state index in [4.69, 9.17) is 4.74 Å². The van der Waals surface area contributed by atoms with Crippen LogP contribution < -0.4 is 5.32 Å². The molecule has 3 nitrogen and oxygen atoms in total. The largest absolute Gasteiger partial charge is 0.466 e. The van der Waals surface area contributed by atoms with E-state index in [0.717, 1.165) is 38.3 Å². The molecular formula is C14H29NO2. The molecule has 0 heterocycles. The summed E-state index contributed by atoms with van der Waals surface area (Å²) in [5, 5.41) is 3.44. The van der Waals surface area contributed by atoms with Crippen LogP contribution in [0.25, 0.3) is 0 Å². The van der Waals surface area contributed by atoms with Gasteiger partial charge >= 0.3 is 5.97 Å². The number of ether oxygens (including phenoxy) is 1. The van der Waals surface area contributed by atoms with Gasteiger partial charge in [-0.25, -0.2) is 0 Å². The van der Waals surface area contributed by atoms with Crippen molar-refractivity contribution in [2.24, 2.45) is 5.92 Å². The van der Waals surface area contributed by atoms with Crippen LogP contribution in [-0.4, -0.2) is 25.7 Å². The number of nitrogens with one attached hydrogen (secondary N) is 1. The second-order valence-corrected chi connectivity index (χ2v) is 4.90. The molecule has 17 heavy (non-hydrogen) atoms. The predicted octanol–water partition coefficient (Wildman–Crippen LogP) is 3.14. The third-order valence-electron chi connectivity index (χ3n) is 2.67. The van der Waals surface area contributed by atoms with Gasteiger partial charge in [-0.3, -0.25) is 4.79 Å². The summed E-state index contributed by atoms with van der Waals surface area (Å²) in [4.78, 5) is 11.0. The molecule has 0 saturated carbocycles. The normalized spacial score (nSPS) is 10.8. The fourth-order valence-electron chi connectivity index (χ4n) is 1.69. The lowest BCUT2D eigenvalue weighted by Gasteiger charge is -2.06. The average molecular weight is 243 g/mol. The summed E-state index contributed by atoms with van der Waals surface area (Å²) in [6.07, 6.45) is 6.35. The van der Waals surface area contributed by atoms with E-state index in [1.165, 1.54) is 12.8 Å². The molecule has 3 heteroatoms. The molecule has 0 aromatic rings. The Bertz CT molecular complexity index is 181. The van der Waals surface area contributed by atoms with Gasteiger partial charge in [0.2, 0.25) is 0 Å². The lowest BCUT2D eigenvalue weighted by Crippen LogP contribution is -2.17. The molecule has 0 radical (unpaired) electrons. The highest BCUT2D eigenvalue weighted by Crippen LogP contribution is 2.03. The zero-order valence-electron chi connectivity index (χ0n) is 11.8. The van der Waals surface area contributed by atoms with Crippen molar-refractivity contribution < 1.29 is 9.53 Å². The Morgan fingerprint density at radius 3 is 2.47 bits per heavy atom. The third-order valence-corrected chi connectivity index (χ3v) is 2.67. The molecule has 0 rings (SSSR count). The summed E-state index contributed by atoms with van der Waals surface area (Å²) >= 11 is 0. The maximum atomic E-state index is 11.0. The molecule has 0 aromatic heterocycles. The zero-order chi connectivity index (χ0) is 12.9. The quantitative estimate of drug-likeness (QED) is 0.447. The maximum Gasteiger partial charge on any atom is 0.305 e. The molecule has 0 spiro atoms. The van der Waals surface area contributed by atoms with Crippen molar-refractivity contribution in [3.05, 3.63) is 0 Å². The molecule has 0 atom stereocenters. The van der Waals surface area contributed by atoms with Crippen LogP contribution in [0.4, 0.5) is 0 Å². The monoisotopic (exact) mass is 243 g/mol. The Balaban J connectivity index is 3.06. The summed E-state index contributed by atoms with van der Waals surface area (Å²) in [5.41, 5.74) is 0. The van der Waals surface area contributed by atoms with Crippen molar-refractivity contribution >= 4 is 5.97 Å². The van der Waals surface area contributed by atoms with Gasteiger partial charge in [0.25, 0.3) is 0 Å². The molecule has 0 bridgehead atoms. The van der Waals surface area contributed by atoms with E-state index in [2.05, 4.69) is 19.2 Å². The summed E-state index contributed by atoms with van der Waals surface area (Å²) in [6.45, 7) is 9.05. The SMILES string of the molecule is CCOC(=O)CCCCCNCCCC(C)C. The molecule has 0 aliphatic heterocycles. The van der Waals surface area contributed by atoms with Crippen molar-refractivity contribution in [3.63, 3.8) is 0 Å². The summed E-state index contributed by atoms with van der Waals surface area (Å²) in [7, 11) is 0. The minimum Gasteiger partial charge on any atom is -0.466 e. The van der Waals surface area contributed by atoms with Crippen molar-refractivity contribution in [1.29, 1.82) is 0 Å². The van der Waals surface area contributed by atoms with E-state index in [9.17, 15) is 4.79 Å². The summed E-state index contributed by atoms with van der Waals surface area (Å²) < 4.78 is 4.87. The van der Waals surface area contributed by atoms with Crippen LogP contribution in [0.2, 0.25) is 0 Å². The van der Waals surface area contributed by atoms with Crippen LogP contribution in [0.3, 0.4) is 0 Å². The number of carbonyl (C=O) groups excluding carboxylic acids is 1. The highest BCUT2D eigenvalue weighted by molar-refractivity contribution is 5.69. The molecule has 0 aromatic carbocycles. The molecule has 0 fully saturated rings. The van der Waals surface area contributed by atoms with Crippen LogP contribution in [0.1, 0.15) is 59.3 Å². The van der Waals surface area contributed by atoms with Crippen molar-refractivity contribution in [2.45, 2.75) is 59.3 Å². The second kappa shape index (κ2) is 11.9. The first-order valence-corrected chi connectivity index (χ1v) is 7.03. The van der Waals surface area contributed by atoms with E-state index in [-0.39, 0.29) is 5.97 Å². The van der Waals surface area contributed by atoms with Crippen molar-refractivity contribution in [1.82, 2.24) is 5.32 Å². The number of hydrogen-bond acceptors (Lipinski definition) is 3. The lowest BCUT2D eigenvalue weighted by molar-refractivity contribution is -0.143. The van der Waals surface area contributed by atoms with Crippen LogP contribution in [0.5, 0.6) is 0 Å². The molecule has 0 aliphatic rings. The number of esters is 1. The van der Waals surface area contributed by atoms with Crippen molar-refractivity contribution in [2.75, 3.05) is 19.7 Å². The predicted molar refractivity (Wildman–Crippen MR) is 72.0 cm³/mol. The number of rotatable bonds is 11. The topological polar surface area (TPSA) is 38.3 Å². The molecule has 1 N–H and O–H groups in total. The summed E-state index contributed by atoms with van der Waals surface area (Å²) in [5.74, 6) is 0.749. The first-order chi connectivity index (χ1) is 8.16. The highest BCUT2D eigenvalue weighted by atomic mass is 16.5. The Morgan fingerprint density at radius 1 is 1.12 bits per heavy atom. The van der Waals surface area contributed by atoms with Crippen LogP contribution in [-0.2, 0) is 9.53 Å². The van der Waals surface area contributed by atoms with Gasteiger partial charge in [0.15, 0.2) is 0 Å². The number of hydrogen-bond donors (Lipinski definition) is 1. The summed E-state index contributed by atoms with van der Waals surface area (Å²) in [6, 6.07) is 0. The van der Waals surface area contributed by atoms with E-state index < -0.39 is 0 Å². The molecule has 0 amide bonds. The van der Waals surface area contributed by atoms with Gasteiger partial charge in [-0.15, -0.1) is 0 Å². The maximum absolute atomic E-state index is 11.0. The molecule has 0 saturated heterocycles. The van der Waals surface area contributed by atoms with Gasteiger partial charge in [0.05, 0.1) is 6.61 Å². The Morgan fingerprint density at radius 2 is 1.82 bits per heavy atom. The Hall–Kier alpha value is -0.570. The van der Waals surface area contributed by atoms with Crippen molar-refractivity contribution in [3.8, 4) is 0 Å². The van der Waals surface area contributed by atoms with Gasteiger partial charge in [-0.05, 0) is 51.6 Å². The Labute approximate surface area is 106 Å². The lowest BCUT2D eigenvalue weighted by atomic mass is 10.1. The van der Waals surface area contributed by atoms with Gasteiger partial charge in [-0.1, -0.05) is 20.3 Å².